The maximum absolute atomic E-state index is 13.3. The number of carbonyl (C=O) groups excluding carboxylic acids is 1. The molecular weight excluding hydrogens is 540 g/mol. The molecule has 4 rings (SSSR count). The highest BCUT2D eigenvalue weighted by molar-refractivity contribution is 6.08. The van der Waals surface area contributed by atoms with E-state index in [9.17, 15) is 9.90 Å². The van der Waals surface area contributed by atoms with Gasteiger partial charge in [0.25, 0.3) is 5.91 Å². The Morgan fingerprint density at radius 3 is 2.58 bits per heavy atom. The van der Waals surface area contributed by atoms with Crippen LogP contribution < -0.4 is 20.1 Å². The Morgan fingerprint density at radius 1 is 0.977 bits per heavy atom. The summed E-state index contributed by atoms with van der Waals surface area (Å²) in [7, 11) is 1.67. The van der Waals surface area contributed by atoms with Crippen molar-refractivity contribution in [1.29, 1.82) is 0 Å². The highest BCUT2D eigenvalue weighted by atomic mass is 16.5. The summed E-state index contributed by atoms with van der Waals surface area (Å²) < 4.78 is 13.6. The number of aromatic hydroxyl groups is 1. The van der Waals surface area contributed by atoms with Crippen LogP contribution in [0.5, 0.6) is 17.2 Å². The molecule has 1 amide bonds. The van der Waals surface area contributed by atoms with E-state index < -0.39 is 0 Å². The second-order valence-corrected chi connectivity index (χ2v) is 10.9. The molecule has 0 aliphatic heterocycles. The van der Waals surface area contributed by atoms with Crippen LogP contribution >= 0.6 is 0 Å². The van der Waals surface area contributed by atoms with E-state index in [-0.39, 0.29) is 11.7 Å². The van der Waals surface area contributed by atoms with E-state index in [0.717, 1.165) is 92.1 Å². The van der Waals surface area contributed by atoms with Crippen molar-refractivity contribution in [3.63, 3.8) is 0 Å². The number of phenolic OH excluding ortho intramolecular Hbond substituents is 1. The number of fused-ring (bicyclic) bond motifs is 1. The summed E-state index contributed by atoms with van der Waals surface area (Å²) in [6.45, 7) is 10.8. The highest BCUT2D eigenvalue weighted by Gasteiger charge is 2.18. The van der Waals surface area contributed by atoms with E-state index in [0.29, 0.717) is 18.7 Å². The number of amides is 1. The number of para-hydroxylation sites is 2. The molecule has 0 saturated carbocycles. The van der Waals surface area contributed by atoms with Gasteiger partial charge in [-0.1, -0.05) is 49.4 Å². The molecule has 230 valence electrons. The SMILES string of the molecule is CCCN(CCCn1cc(C(=O)NCc2ccc(O)c(C)c2)c2cccc(OC)c21)CCNCCCOc1ccccc1. The van der Waals surface area contributed by atoms with Crippen LogP contribution in [0.2, 0.25) is 0 Å². The summed E-state index contributed by atoms with van der Waals surface area (Å²) in [5.41, 5.74) is 3.30. The third kappa shape index (κ3) is 9.24. The molecule has 0 aliphatic carbocycles. The lowest BCUT2D eigenvalue weighted by Gasteiger charge is -2.22. The number of nitrogens with zero attached hydrogens (tertiary/aromatic N) is 2. The van der Waals surface area contributed by atoms with Gasteiger partial charge >= 0.3 is 0 Å². The molecule has 0 unspecified atom stereocenters. The second-order valence-electron chi connectivity index (χ2n) is 10.9. The lowest BCUT2D eigenvalue weighted by Crippen LogP contribution is -2.34. The van der Waals surface area contributed by atoms with Crippen LogP contribution in [0.1, 0.15) is 47.7 Å². The molecule has 4 aromatic rings. The first-order valence-electron chi connectivity index (χ1n) is 15.3. The van der Waals surface area contributed by atoms with Gasteiger partial charge in [-0.05, 0) is 81.2 Å². The lowest BCUT2D eigenvalue weighted by molar-refractivity contribution is 0.0952. The number of phenols is 1. The smallest absolute Gasteiger partial charge is 0.253 e. The van der Waals surface area contributed by atoms with Gasteiger partial charge in [-0.15, -0.1) is 0 Å². The molecule has 3 aromatic carbocycles. The molecule has 43 heavy (non-hydrogen) atoms. The zero-order valence-electron chi connectivity index (χ0n) is 25.8. The Bertz CT molecular complexity index is 1440. The predicted molar refractivity (Wildman–Crippen MR) is 173 cm³/mol. The fourth-order valence-corrected chi connectivity index (χ4v) is 5.34. The minimum Gasteiger partial charge on any atom is -0.508 e. The van der Waals surface area contributed by atoms with Crippen LogP contribution in [0.4, 0.5) is 0 Å². The van der Waals surface area contributed by atoms with Crippen LogP contribution in [0, 0.1) is 6.92 Å². The predicted octanol–water partition coefficient (Wildman–Crippen LogP) is 5.75. The molecular formula is C35H46N4O4. The first-order valence-corrected chi connectivity index (χ1v) is 15.3. The van der Waals surface area contributed by atoms with Gasteiger partial charge < -0.3 is 34.7 Å². The van der Waals surface area contributed by atoms with Crippen molar-refractivity contribution < 1.29 is 19.4 Å². The van der Waals surface area contributed by atoms with Gasteiger partial charge in [-0.2, -0.15) is 0 Å². The Balaban J connectivity index is 1.29. The van der Waals surface area contributed by atoms with Crippen LogP contribution in [-0.4, -0.2) is 66.9 Å². The normalized spacial score (nSPS) is 11.3. The Hall–Kier alpha value is -4.01. The van der Waals surface area contributed by atoms with Crippen molar-refractivity contribution in [3.8, 4) is 17.2 Å². The summed E-state index contributed by atoms with van der Waals surface area (Å²) >= 11 is 0. The molecule has 1 aromatic heterocycles. The van der Waals surface area contributed by atoms with E-state index in [1.165, 1.54) is 0 Å². The van der Waals surface area contributed by atoms with Crippen molar-refractivity contribution >= 4 is 16.8 Å². The largest absolute Gasteiger partial charge is 0.508 e. The molecule has 0 aliphatic rings. The Labute approximate surface area is 255 Å². The van der Waals surface area contributed by atoms with Gasteiger partial charge in [0.1, 0.15) is 17.2 Å². The lowest BCUT2D eigenvalue weighted by atomic mass is 10.1. The summed E-state index contributed by atoms with van der Waals surface area (Å²) in [4.78, 5) is 15.8. The quantitative estimate of drug-likeness (QED) is 0.129. The summed E-state index contributed by atoms with van der Waals surface area (Å²) in [6, 6.07) is 21.2. The average molecular weight is 587 g/mol. The van der Waals surface area contributed by atoms with Gasteiger partial charge in [0.15, 0.2) is 0 Å². The number of aromatic nitrogens is 1. The minimum absolute atomic E-state index is 0.129. The van der Waals surface area contributed by atoms with Crippen molar-refractivity contribution in [2.24, 2.45) is 0 Å². The van der Waals surface area contributed by atoms with E-state index in [1.807, 2.05) is 73.8 Å². The monoisotopic (exact) mass is 586 g/mol. The number of nitrogens with one attached hydrogen (secondary N) is 2. The van der Waals surface area contributed by atoms with Gasteiger partial charge in [0.2, 0.25) is 0 Å². The molecule has 0 bridgehead atoms. The van der Waals surface area contributed by atoms with E-state index in [2.05, 4.69) is 27.0 Å². The molecule has 1 heterocycles. The van der Waals surface area contributed by atoms with Crippen molar-refractivity contribution in [1.82, 2.24) is 20.1 Å². The molecule has 3 N–H and O–H groups in total. The van der Waals surface area contributed by atoms with Crippen LogP contribution in [0.3, 0.4) is 0 Å². The minimum atomic E-state index is -0.129. The molecule has 0 atom stereocenters. The maximum atomic E-state index is 13.3. The number of ether oxygens (including phenoxy) is 2. The number of carbonyl (C=O) groups is 1. The fourth-order valence-electron chi connectivity index (χ4n) is 5.34. The number of aryl methyl sites for hydroxylation is 2. The van der Waals surface area contributed by atoms with Gasteiger partial charge in [-0.3, -0.25) is 4.79 Å². The molecule has 8 nitrogen and oxygen atoms in total. The second kappa shape index (κ2) is 16.6. The van der Waals surface area contributed by atoms with E-state index in [1.54, 1.807) is 13.2 Å². The fraction of sp³-hybridized carbons (Fsp3) is 0.400. The topological polar surface area (TPSA) is 88.0 Å². The number of benzene rings is 3. The first kappa shape index (κ1) is 31.9. The van der Waals surface area contributed by atoms with Gasteiger partial charge in [0, 0.05) is 37.8 Å². The molecule has 0 fully saturated rings. The van der Waals surface area contributed by atoms with Crippen LogP contribution in [-0.2, 0) is 13.1 Å². The standard InChI is InChI=1S/C35H46N4O4/c1-4-19-38(22-18-36-17-9-23-43-29-11-6-5-7-12-29)20-10-21-39-26-31(30-13-8-14-33(42-3)34(30)39)35(41)37-25-28-15-16-32(40)27(2)24-28/h5-8,11-16,24,26,36,40H,4,9-10,17-23,25H2,1-3H3,(H,37,41). The van der Waals surface area contributed by atoms with Gasteiger partial charge in [-0.25, -0.2) is 0 Å². The van der Waals surface area contributed by atoms with Crippen molar-refractivity contribution in [3.05, 3.63) is 89.6 Å². The highest BCUT2D eigenvalue weighted by Crippen LogP contribution is 2.30. The van der Waals surface area contributed by atoms with Crippen molar-refractivity contribution in [2.75, 3.05) is 46.4 Å². The zero-order valence-corrected chi connectivity index (χ0v) is 25.8. The average Bonchev–Trinajstić information content (AvgIpc) is 3.40. The third-order valence-electron chi connectivity index (χ3n) is 7.57. The summed E-state index contributed by atoms with van der Waals surface area (Å²) in [6.07, 6.45) is 4.99. The summed E-state index contributed by atoms with van der Waals surface area (Å²) in [5, 5.41) is 17.3. The van der Waals surface area contributed by atoms with E-state index in [4.69, 9.17) is 9.47 Å². The molecule has 0 spiro atoms. The maximum Gasteiger partial charge on any atom is 0.253 e. The number of hydrogen-bond acceptors (Lipinski definition) is 6. The third-order valence-corrected chi connectivity index (χ3v) is 7.57. The van der Waals surface area contributed by atoms with E-state index >= 15 is 0 Å². The first-order chi connectivity index (χ1) is 21.0. The number of rotatable bonds is 18. The number of hydrogen-bond donors (Lipinski definition) is 3. The Morgan fingerprint density at radius 2 is 1.81 bits per heavy atom. The van der Waals surface area contributed by atoms with Crippen molar-refractivity contribution in [2.45, 2.75) is 46.2 Å². The zero-order chi connectivity index (χ0) is 30.4. The molecule has 8 heteroatoms. The van der Waals surface area contributed by atoms with Crippen LogP contribution in [0.15, 0.2) is 72.9 Å². The molecule has 0 radical (unpaired) electrons. The van der Waals surface area contributed by atoms with Crippen LogP contribution in [0.25, 0.3) is 10.9 Å². The Kier molecular flexibility index (Phi) is 12.3. The summed E-state index contributed by atoms with van der Waals surface area (Å²) in [5.74, 6) is 1.80. The number of methoxy groups -OCH3 is 1. The molecule has 0 saturated heterocycles. The van der Waals surface area contributed by atoms with Gasteiger partial charge in [0.05, 0.1) is 24.8 Å².